The Labute approximate surface area is 199 Å². The highest BCUT2D eigenvalue weighted by Crippen LogP contribution is 2.33. The summed E-state index contributed by atoms with van der Waals surface area (Å²) in [6.07, 6.45) is 14.9. The van der Waals surface area contributed by atoms with Crippen LogP contribution in [-0.4, -0.2) is 50.4 Å². The molecular formula is C28H42N4O. The van der Waals surface area contributed by atoms with Gasteiger partial charge >= 0.3 is 0 Å². The van der Waals surface area contributed by atoms with Gasteiger partial charge in [-0.25, -0.2) is 4.98 Å². The Hall–Kier alpha value is -1.88. The largest absolute Gasteiger partial charge is 0.336 e. The average Bonchev–Trinajstić information content (AvgIpc) is 3.22. The predicted octanol–water partition coefficient (Wildman–Crippen LogP) is 5.76. The molecule has 0 radical (unpaired) electrons. The van der Waals surface area contributed by atoms with Gasteiger partial charge in [-0.05, 0) is 64.1 Å². The molecule has 33 heavy (non-hydrogen) atoms. The minimum atomic E-state index is 0.155. The van der Waals surface area contributed by atoms with Gasteiger partial charge in [0.2, 0.25) is 5.91 Å². The van der Waals surface area contributed by atoms with Crippen LogP contribution in [0.2, 0.25) is 0 Å². The molecule has 2 saturated carbocycles. The lowest BCUT2D eigenvalue weighted by molar-refractivity contribution is -0.144. The molecule has 3 aliphatic rings. The second-order valence-corrected chi connectivity index (χ2v) is 10.7. The zero-order chi connectivity index (χ0) is 22.6. The van der Waals surface area contributed by atoms with E-state index < -0.39 is 0 Å². The highest BCUT2D eigenvalue weighted by atomic mass is 16.2. The number of fused-ring (bicyclic) bond motifs is 1. The van der Waals surface area contributed by atoms with Crippen molar-refractivity contribution in [2.75, 3.05) is 13.1 Å². The molecule has 5 heteroatoms. The Morgan fingerprint density at radius 1 is 0.939 bits per heavy atom. The van der Waals surface area contributed by atoms with E-state index >= 15 is 0 Å². The highest BCUT2D eigenvalue weighted by Gasteiger charge is 2.37. The lowest BCUT2D eigenvalue weighted by Gasteiger charge is -2.44. The van der Waals surface area contributed by atoms with E-state index in [2.05, 4.69) is 45.6 Å². The van der Waals surface area contributed by atoms with Gasteiger partial charge in [0.15, 0.2) is 0 Å². The van der Waals surface area contributed by atoms with Crippen LogP contribution >= 0.6 is 0 Å². The summed E-state index contributed by atoms with van der Waals surface area (Å²) in [6.45, 7) is 5.94. The molecule has 0 unspecified atom stereocenters. The zero-order valence-corrected chi connectivity index (χ0v) is 20.6. The van der Waals surface area contributed by atoms with Crippen LogP contribution in [0.15, 0.2) is 24.3 Å². The first kappa shape index (κ1) is 22.9. The van der Waals surface area contributed by atoms with E-state index in [0.29, 0.717) is 18.0 Å². The molecule has 0 bridgehead atoms. The summed E-state index contributed by atoms with van der Waals surface area (Å²) < 4.78 is 2.34. The topological polar surface area (TPSA) is 41.4 Å². The molecule has 1 amide bonds. The Kier molecular flexibility index (Phi) is 7.34. The average molecular weight is 451 g/mol. The third-order valence-electron chi connectivity index (χ3n) is 8.46. The molecule has 5 nitrogen and oxygen atoms in total. The molecule has 0 N–H and O–H groups in total. The molecule has 1 aliphatic heterocycles. The highest BCUT2D eigenvalue weighted by molar-refractivity contribution is 5.80. The summed E-state index contributed by atoms with van der Waals surface area (Å²) in [5.41, 5.74) is 2.31. The fourth-order valence-electron chi connectivity index (χ4n) is 6.79. The summed E-state index contributed by atoms with van der Waals surface area (Å²) in [5, 5.41) is 0. The van der Waals surface area contributed by atoms with Gasteiger partial charge in [-0.3, -0.25) is 9.69 Å². The van der Waals surface area contributed by atoms with E-state index in [1.165, 1.54) is 69.7 Å². The second kappa shape index (κ2) is 10.6. The molecule has 5 rings (SSSR count). The van der Waals surface area contributed by atoms with E-state index in [1.54, 1.807) is 0 Å². The maximum atomic E-state index is 14.0. The molecule has 2 aliphatic carbocycles. The number of aryl methyl sites for hydroxylation is 1. The third kappa shape index (κ3) is 4.99. The van der Waals surface area contributed by atoms with E-state index in [-0.39, 0.29) is 5.92 Å². The second-order valence-electron chi connectivity index (χ2n) is 10.7. The number of carbonyl (C=O) groups is 1. The van der Waals surface area contributed by atoms with Gasteiger partial charge in [0, 0.05) is 25.2 Å². The van der Waals surface area contributed by atoms with Gasteiger partial charge < -0.3 is 9.47 Å². The zero-order valence-electron chi connectivity index (χ0n) is 20.6. The number of likely N-dealkylation sites (tertiary alicyclic amines) is 1. The predicted molar refractivity (Wildman–Crippen MR) is 134 cm³/mol. The fraction of sp³-hybridized carbons (Fsp3) is 0.714. The van der Waals surface area contributed by atoms with Crippen LogP contribution in [0.4, 0.5) is 0 Å². The molecule has 1 atom stereocenters. The lowest BCUT2D eigenvalue weighted by atomic mass is 9.86. The Balaban J connectivity index is 1.31. The van der Waals surface area contributed by atoms with Crippen molar-refractivity contribution in [3.63, 3.8) is 0 Å². The monoisotopic (exact) mass is 450 g/mol. The maximum absolute atomic E-state index is 14.0. The van der Waals surface area contributed by atoms with Crippen LogP contribution in [0, 0.1) is 5.92 Å². The SMILES string of the molecule is CCn1c(CN2CCC[C@H](C(=O)N(C3CCCCC3)C3CCCCC3)C2)nc2ccccc21. The number of piperidine rings is 1. The van der Waals surface area contributed by atoms with Gasteiger partial charge in [0.1, 0.15) is 5.82 Å². The number of para-hydroxylation sites is 2. The van der Waals surface area contributed by atoms with Crippen molar-refractivity contribution >= 4 is 16.9 Å². The van der Waals surface area contributed by atoms with Crippen molar-refractivity contribution < 1.29 is 4.79 Å². The van der Waals surface area contributed by atoms with Gasteiger partial charge in [-0.2, -0.15) is 0 Å². The molecule has 1 aromatic carbocycles. The number of aromatic nitrogens is 2. The number of hydrogen-bond acceptors (Lipinski definition) is 3. The van der Waals surface area contributed by atoms with Crippen LogP contribution in [0.5, 0.6) is 0 Å². The molecule has 2 aromatic rings. The normalized spacial score (nSPS) is 23.7. The summed E-state index contributed by atoms with van der Waals surface area (Å²) in [6, 6.07) is 9.44. The van der Waals surface area contributed by atoms with E-state index in [1.807, 2.05) is 0 Å². The number of imidazole rings is 1. The molecule has 0 spiro atoms. The maximum Gasteiger partial charge on any atom is 0.227 e. The first-order valence-electron chi connectivity index (χ1n) is 13.7. The number of nitrogens with zero attached hydrogens (tertiary/aromatic N) is 4. The van der Waals surface area contributed by atoms with Crippen molar-refractivity contribution in [2.45, 2.75) is 109 Å². The minimum absolute atomic E-state index is 0.155. The lowest BCUT2D eigenvalue weighted by Crippen LogP contribution is -2.53. The van der Waals surface area contributed by atoms with Crippen molar-refractivity contribution in [1.29, 1.82) is 0 Å². The van der Waals surface area contributed by atoms with Gasteiger partial charge in [-0.15, -0.1) is 0 Å². The van der Waals surface area contributed by atoms with Crippen LogP contribution < -0.4 is 0 Å². The molecule has 180 valence electrons. The Bertz CT molecular complexity index is 907. The number of amides is 1. The first-order chi connectivity index (χ1) is 16.2. The van der Waals surface area contributed by atoms with Crippen LogP contribution in [-0.2, 0) is 17.9 Å². The number of hydrogen-bond donors (Lipinski definition) is 0. The smallest absolute Gasteiger partial charge is 0.227 e. The van der Waals surface area contributed by atoms with Crippen LogP contribution in [0.3, 0.4) is 0 Å². The quantitative estimate of drug-likeness (QED) is 0.562. The molecular weight excluding hydrogens is 408 g/mol. The van der Waals surface area contributed by atoms with Crippen LogP contribution in [0.25, 0.3) is 11.0 Å². The molecule has 3 fully saturated rings. The van der Waals surface area contributed by atoms with Crippen molar-refractivity contribution in [1.82, 2.24) is 19.4 Å². The van der Waals surface area contributed by atoms with Crippen molar-refractivity contribution in [3.05, 3.63) is 30.1 Å². The Morgan fingerprint density at radius 3 is 2.27 bits per heavy atom. The summed E-state index contributed by atoms with van der Waals surface area (Å²) >= 11 is 0. The fourth-order valence-corrected chi connectivity index (χ4v) is 6.79. The number of benzene rings is 1. The first-order valence-corrected chi connectivity index (χ1v) is 13.7. The van der Waals surface area contributed by atoms with Crippen molar-refractivity contribution in [3.8, 4) is 0 Å². The van der Waals surface area contributed by atoms with E-state index in [0.717, 1.165) is 50.4 Å². The number of rotatable bonds is 6. The number of carbonyl (C=O) groups excluding carboxylic acids is 1. The van der Waals surface area contributed by atoms with E-state index in [4.69, 9.17) is 4.98 Å². The van der Waals surface area contributed by atoms with Gasteiger partial charge in [0.05, 0.1) is 23.5 Å². The summed E-state index contributed by atoms with van der Waals surface area (Å²) in [7, 11) is 0. The van der Waals surface area contributed by atoms with Crippen LogP contribution in [0.1, 0.15) is 89.8 Å². The molecule has 1 saturated heterocycles. The summed E-state index contributed by atoms with van der Waals surface area (Å²) in [5.74, 6) is 1.77. The Morgan fingerprint density at radius 2 is 1.61 bits per heavy atom. The molecule has 1 aromatic heterocycles. The van der Waals surface area contributed by atoms with E-state index in [9.17, 15) is 4.79 Å². The van der Waals surface area contributed by atoms with Gasteiger partial charge in [0.25, 0.3) is 0 Å². The standard InChI is InChI=1S/C28H42N4O/c1-2-31-26-18-10-9-17-25(26)29-27(31)21-30-19-11-12-22(20-30)28(33)32(23-13-5-3-6-14-23)24-15-7-4-8-16-24/h9-10,17-18,22-24H,2-8,11-16,19-21H2,1H3/t22-/m0/s1. The minimum Gasteiger partial charge on any atom is -0.336 e. The van der Waals surface area contributed by atoms with Gasteiger partial charge in [-0.1, -0.05) is 50.7 Å². The molecule has 2 heterocycles. The summed E-state index contributed by atoms with van der Waals surface area (Å²) in [4.78, 5) is 23.9. The third-order valence-corrected chi connectivity index (χ3v) is 8.46. The van der Waals surface area contributed by atoms with Crippen molar-refractivity contribution in [2.24, 2.45) is 5.92 Å².